The first-order valence-electron chi connectivity index (χ1n) is 6.08. The number of hydrogen-bond acceptors (Lipinski definition) is 3. The lowest BCUT2D eigenvalue weighted by molar-refractivity contribution is 0.203. The Morgan fingerprint density at radius 3 is 2.59 bits per heavy atom. The van der Waals surface area contributed by atoms with Crippen molar-refractivity contribution in [3.63, 3.8) is 0 Å². The van der Waals surface area contributed by atoms with Gasteiger partial charge in [-0.2, -0.15) is 0 Å². The minimum Gasteiger partial charge on any atom is -0.396 e. The van der Waals surface area contributed by atoms with Crippen molar-refractivity contribution >= 4 is 21.6 Å². The first-order valence-corrected chi connectivity index (χ1v) is 6.87. The zero-order chi connectivity index (χ0) is 12.3. The number of hydrogen-bond donors (Lipinski definition) is 2. The molecule has 1 aliphatic heterocycles. The van der Waals surface area contributed by atoms with Crippen molar-refractivity contribution in [2.75, 3.05) is 24.6 Å². The number of aliphatic hydroxyl groups is 1. The van der Waals surface area contributed by atoms with E-state index in [2.05, 4.69) is 39.0 Å². The standard InChI is InChI=1S/C13H19BrN2O/c14-12-5-11(8-15)6-13(7-12)16-3-1-10(9-17)2-4-16/h5-7,10,17H,1-4,8-9,15H2. The Hall–Kier alpha value is -0.580. The summed E-state index contributed by atoms with van der Waals surface area (Å²) in [5.74, 6) is 0.479. The Labute approximate surface area is 111 Å². The first kappa shape index (κ1) is 12.9. The lowest BCUT2D eigenvalue weighted by atomic mass is 9.97. The summed E-state index contributed by atoms with van der Waals surface area (Å²) in [6.45, 7) is 2.93. The van der Waals surface area contributed by atoms with Gasteiger partial charge in [0.15, 0.2) is 0 Å². The van der Waals surface area contributed by atoms with Crippen molar-refractivity contribution in [3.8, 4) is 0 Å². The lowest BCUT2D eigenvalue weighted by Gasteiger charge is -2.33. The molecule has 0 bridgehead atoms. The van der Waals surface area contributed by atoms with Crippen LogP contribution >= 0.6 is 15.9 Å². The second-order valence-electron chi connectivity index (χ2n) is 4.63. The number of piperidine rings is 1. The van der Waals surface area contributed by atoms with Gasteiger partial charge in [0.05, 0.1) is 0 Å². The highest BCUT2D eigenvalue weighted by molar-refractivity contribution is 9.10. The summed E-state index contributed by atoms with van der Waals surface area (Å²) < 4.78 is 1.08. The van der Waals surface area contributed by atoms with Crippen LogP contribution < -0.4 is 10.6 Å². The van der Waals surface area contributed by atoms with E-state index >= 15 is 0 Å². The van der Waals surface area contributed by atoms with Crippen molar-refractivity contribution < 1.29 is 5.11 Å². The minimum atomic E-state index is 0.320. The molecule has 0 aromatic heterocycles. The molecule has 4 heteroatoms. The van der Waals surface area contributed by atoms with E-state index in [1.807, 2.05) is 0 Å². The number of aliphatic hydroxyl groups excluding tert-OH is 1. The SMILES string of the molecule is NCc1cc(Br)cc(N2CCC(CO)CC2)c1. The lowest BCUT2D eigenvalue weighted by Crippen LogP contribution is -2.34. The Balaban J connectivity index is 2.10. The van der Waals surface area contributed by atoms with Gasteiger partial charge in [-0.3, -0.25) is 0 Å². The summed E-state index contributed by atoms with van der Waals surface area (Å²) in [7, 11) is 0. The van der Waals surface area contributed by atoms with Gasteiger partial charge in [0, 0.05) is 36.4 Å². The molecule has 1 aromatic rings. The second-order valence-corrected chi connectivity index (χ2v) is 5.55. The summed E-state index contributed by atoms with van der Waals surface area (Å²) in [6, 6.07) is 6.35. The molecule has 3 nitrogen and oxygen atoms in total. The van der Waals surface area contributed by atoms with Crippen LogP contribution in [0, 0.1) is 5.92 Å². The van der Waals surface area contributed by atoms with E-state index in [1.165, 1.54) is 5.69 Å². The normalized spacial score (nSPS) is 17.5. The van der Waals surface area contributed by atoms with E-state index in [4.69, 9.17) is 10.8 Å². The van der Waals surface area contributed by atoms with Crippen LogP contribution in [0.5, 0.6) is 0 Å². The van der Waals surface area contributed by atoms with Crippen LogP contribution in [-0.2, 0) is 6.54 Å². The van der Waals surface area contributed by atoms with Gasteiger partial charge in [0.25, 0.3) is 0 Å². The molecule has 1 fully saturated rings. The van der Waals surface area contributed by atoms with Gasteiger partial charge >= 0.3 is 0 Å². The van der Waals surface area contributed by atoms with Crippen LogP contribution in [0.4, 0.5) is 5.69 Å². The van der Waals surface area contributed by atoms with Crippen LogP contribution in [0.2, 0.25) is 0 Å². The second kappa shape index (κ2) is 5.85. The third kappa shape index (κ3) is 3.21. The van der Waals surface area contributed by atoms with Crippen molar-refractivity contribution in [2.45, 2.75) is 19.4 Å². The molecular formula is C13H19BrN2O. The Kier molecular flexibility index (Phi) is 4.42. The molecule has 0 radical (unpaired) electrons. The maximum Gasteiger partial charge on any atom is 0.0460 e. The third-order valence-corrected chi connectivity index (χ3v) is 3.87. The summed E-state index contributed by atoms with van der Waals surface area (Å²) in [5, 5.41) is 9.13. The predicted molar refractivity (Wildman–Crippen MR) is 74.1 cm³/mol. The highest BCUT2D eigenvalue weighted by Crippen LogP contribution is 2.27. The van der Waals surface area contributed by atoms with E-state index in [9.17, 15) is 0 Å². The quantitative estimate of drug-likeness (QED) is 0.899. The minimum absolute atomic E-state index is 0.320. The summed E-state index contributed by atoms with van der Waals surface area (Å²) in [6.07, 6.45) is 2.14. The first-order chi connectivity index (χ1) is 8.22. The van der Waals surface area contributed by atoms with Crippen LogP contribution in [-0.4, -0.2) is 24.8 Å². The number of anilines is 1. The number of halogens is 1. The summed E-state index contributed by atoms with van der Waals surface area (Å²) in [5.41, 5.74) is 8.07. The predicted octanol–water partition coefficient (Wildman–Crippen LogP) is 2.12. The fourth-order valence-corrected chi connectivity index (χ4v) is 2.84. The smallest absolute Gasteiger partial charge is 0.0460 e. The van der Waals surface area contributed by atoms with E-state index in [1.54, 1.807) is 0 Å². The zero-order valence-corrected chi connectivity index (χ0v) is 11.5. The molecule has 1 aromatic carbocycles. The van der Waals surface area contributed by atoms with Crippen molar-refractivity contribution in [1.29, 1.82) is 0 Å². The van der Waals surface area contributed by atoms with Gasteiger partial charge in [0.2, 0.25) is 0 Å². The van der Waals surface area contributed by atoms with Gasteiger partial charge in [0.1, 0.15) is 0 Å². The third-order valence-electron chi connectivity index (χ3n) is 3.42. The van der Waals surface area contributed by atoms with Gasteiger partial charge in [-0.15, -0.1) is 0 Å². The number of nitrogens with zero attached hydrogens (tertiary/aromatic N) is 1. The topological polar surface area (TPSA) is 49.5 Å². The fourth-order valence-electron chi connectivity index (χ4n) is 2.31. The van der Waals surface area contributed by atoms with E-state index < -0.39 is 0 Å². The molecule has 1 heterocycles. The monoisotopic (exact) mass is 298 g/mol. The Morgan fingerprint density at radius 1 is 1.29 bits per heavy atom. The number of benzene rings is 1. The molecule has 0 amide bonds. The molecule has 0 aliphatic carbocycles. The van der Waals surface area contributed by atoms with Gasteiger partial charge < -0.3 is 15.7 Å². The van der Waals surface area contributed by atoms with Crippen LogP contribution in [0.1, 0.15) is 18.4 Å². The van der Waals surface area contributed by atoms with E-state index in [-0.39, 0.29) is 0 Å². The number of rotatable bonds is 3. The molecule has 0 spiro atoms. The molecule has 1 saturated heterocycles. The summed E-state index contributed by atoms with van der Waals surface area (Å²) in [4.78, 5) is 2.37. The fraction of sp³-hybridized carbons (Fsp3) is 0.538. The maximum atomic E-state index is 9.13. The molecule has 0 unspecified atom stereocenters. The van der Waals surface area contributed by atoms with Crippen LogP contribution in [0.3, 0.4) is 0 Å². The van der Waals surface area contributed by atoms with E-state index in [0.29, 0.717) is 19.1 Å². The Morgan fingerprint density at radius 2 is 2.00 bits per heavy atom. The average Bonchev–Trinajstić information content (AvgIpc) is 2.38. The molecule has 17 heavy (non-hydrogen) atoms. The molecule has 2 rings (SSSR count). The molecular weight excluding hydrogens is 280 g/mol. The van der Waals surface area contributed by atoms with Crippen molar-refractivity contribution in [3.05, 3.63) is 28.2 Å². The molecule has 3 N–H and O–H groups in total. The van der Waals surface area contributed by atoms with Gasteiger partial charge in [-0.1, -0.05) is 15.9 Å². The summed E-state index contributed by atoms with van der Waals surface area (Å²) >= 11 is 3.52. The van der Waals surface area contributed by atoms with E-state index in [0.717, 1.165) is 36.0 Å². The van der Waals surface area contributed by atoms with Gasteiger partial charge in [-0.25, -0.2) is 0 Å². The molecule has 0 atom stereocenters. The number of nitrogens with two attached hydrogens (primary N) is 1. The maximum absolute atomic E-state index is 9.13. The van der Waals surface area contributed by atoms with Crippen LogP contribution in [0.25, 0.3) is 0 Å². The molecule has 94 valence electrons. The average molecular weight is 299 g/mol. The highest BCUT2D eigenvalue weighted by Gasteiger charge is 2.19. The van der Waals surface area contributed by atoms with Crippen molar-refractivity contribution in [2.24, 2.45) is 11.7 Å². The van der Waals surface area contributed by atoms with Gasteiger partial charge in [-0.05, 0) is 42.5 Å². The Bertz CT molecular complexity index is 376. The molecule has 0 saturated carbocycles. The highest BCUT2D eigenvalue weighted by atomic mass is 79.9. The molecule has 1 aliphatic rings. The largest absolute Gasteiger partial charge is 0.396 e. The van der Waals surface area contributed by atoms with Crippen molar-refractivity contribution in [1.82, 2.24) is 0 Å². The van der Waals surface area contributed by atoms with Crippen LogP contribution in [0.15, 0.2) is 22.7 Å². The zero-order valence-electron chi connectivity index (χ0n) is 9.90.